The lowest BCUT2D eigenvalue weighted by Gasteiger charge is -2.14. The summed E-state index contributed by atoms with van der Waals surface area (Å²) in [6, 6.07) is 7.62. The summed E-state index contributed by atoms with van der Waals surface area (Å²) in [6.45, 7) is 1.03. The maximum absolute atomic E-state index is 13.0. The van der Waals surface area contributed by atoms with E-state index in [-0.39, 0.29) is 56.2 Å². The highest BCUT2D eigenvalue weighted by atomic mass is 35.5. The summed E-state index contributed by atoms with van der Waals surface area (Å²) < 4.78 is 59.7. The van der Waals surface area contributed by atoms with Crippen molar-refractivity contribution in [2.75, 3.05) is 30.6 Å². The highest BCUT2D eigenvalue weighted by Gasteiger charge is 2.22. The van der Waals surface area contributed by atoms with E-state index in [1.165, 1.54) is 43.3 Å². The van der Waals surface area contributed by atoms with E-state index in [9.17, 15) is 27.0 Å². The maximum atomic E-state index is 13.0. The number of hydrogen-bond donors (Lipinski definition) is 2. The van der Waals surface area contributed by atoms with Gasteiger partial charge in [0, 0.05) is 5.75 Å². The smallest absolute Gasteiger partial charge is 0.206 e. The largest absolute Gasteiger partial charge is 0.489 e. The molecule has 13 heteroatoms. The van der Waals surface area contributed by atoms with E-state index in [1.54, 1.807) is 0 Å². The molecule has 2 atom stereocenters. The van der Waals surface area contributed by atoms with Crippen molar-refractivity contribution in [3.63, 3.8) is 0 Å². The highest BCUT2D eigenvalue weighted by molar-refractivity contribution is 7.91. The minimum Gasteiger partial charge on any atom is -0.489 e. The standard InChI is InChI=1S/C20H23Cl3O8S2/c1-2-32(26,27)12-14(25)11-31-20-6-4-16(8-18(20)23)33(28,29)15-3-5-19(17(22)7-15)30-10-13(24)9-21/h3-8,13-14,24-25H,2,9-12H2,1H3. The number of rotatable bonds is 12. The van der Waals surface area contributed by atoms with Gasteiger partial charge in [0.2, 0.25) is 9.84 Å². The van der Waals surface area contributed by atoms with Crippen LogP contribution in [0.5, 0.6) is 11.5 Å². The summed E-state index contributed by atoms with van der Waals surface area (Å²) in [5.74, 6) is -0.321. The third-order valence-electron chi connectivity index (χ3n) is 4.35. The molecule has 8 nitrogen and oxygen atoms in total. The number of halogens is 3. The normalized spacial score (nSPS) is 14.0. The molecule has 2 unspecified atom stereocenters. The van der Waals surface area contributed by atoms with E-state index >= 15 is 0 Å². The summed E-state index contributed by atoms with van der Waals surface area (Å²) in [4.78, 5) is -0.237. The van der Waals surface area contributed by atoms with Crippen molar-refractivity contribution in [3.8, 4) is 11.5 Å². The molecular weight excluding hydrogens is 539 g/mol. The SMILES string of the molecule is CCS(=O)(=O)CC(O)COc1ccc(S(=O)(=O)c2ccc(OCC(O)CCl)c(Cl)c2)cc1Cl. The van der Waals surface area contributed by atoms with Crippen LogP contribution >= 0.6 is 34.8 Å². The third-order valence-corrected chi connectivity index (χ3v) is 8.82. The summed E-state index contributed by atoms with van der Waals surface area (Å²) in [5, 5.41) is 19.3. The van der Waals surface area contributed by atoms with E-state index in [4.69, 9.17) is 44.3 Å². The Bertz CT molecular complexity index is 1170. The zero-order valence-electron chi connectivity index (χ0n) is 17.4. The molecule has 0 saturated carbocycles. The highest BCUT2D eigenvalue weighted by Crippen LogP contribution is 2.33. The molecule has 0 fully saturated rings. The number of benzene rings is 2. The first-order valence-corrected chi connectivity index (χ1v) is 14.2. The first-order chi connectivity index (χ1) is 15.4. The number of aliphatic hydroxyl groups is 2. The Labute approximate surface area is 207 Å². The van der Waals surface area contributed by atoms with Gasteiger partial charge in [-0.25, -0.2) is 16.8 Å². The zero-order chi connectivity index (χ0) is 24.8. The molecule has 0 saturated heterocycles. The second-order valence-corrected chi connectivity index (χ2v) is 12.4. The monoisotopic (exact) mass is 560 g/mol. The summed E-state index contributed by atoms with van der Waals surface area (Å²) in [6.07, 6.45) is -2.16. The van der Waals surface area contributed by atoms with Gasteiger partial charge >= 0.3 is 0 Å². The van der Waals surface area contributed by atoms with Crippen LogP contribution in [-0.4, -0.2) is 69.9 Å². The average Bonchev–Trinajstić information content (AvgIpc) is 2.76. The molecule has 0 bridgehead atoms. The Morgan fingerprint density at radius 1 is 0.848 bits per heavy atom. The fourth-order valence-electron chi connectivity index (χ4n) is 2.54. The van der Waals surface area contributed by atoms with Crippen LogP contribution in [0, 0.1) is 0 Å². The molecule has 0 aliphatic carbocycles. The number of aliphatic hydroxyl groups excluding tert-OH is 2. The van der Waals surface area contributed by atoms with E-state index in [0.29, 0.717) is 0 Å². The van der Waals surface area contributed by atoms with Crippen molar-refractivity contribution in [1.29, 1.82) is 0 Å². The van der Waals surface area contributed by atoms with Crippen LogP contribution in [0.2, 0.25) is 10.0 Å². The Hall–Kier alpha value is -1.27. The van der Waals surface area contributed by atoms with Gasteiger partial charge in [0.15, 0.2) is 9.84 Å². The first-order valence-electron chi connectivity index (χ1n) is 9.62. The minimum absolute atomic E-state index is 0.0264. The van der Waals surface area contributed by atoms with Gasteiger partial charge in [-0.15, -0.1) is 11.6 Å². The maximum Gasteiger partial charge on any atom is 0.206 e. The van der Waals surface area contributed by atoms with Crippen LogP contribution in [0.25, 0.3) is 0 Å². The molecule has 2 rings (SSSR count). The van der Waals surface area contributed by atoms with Gasteiger partial charge in [0.05, 0.1) is 31.5 Å². The zero-order valence-corrected chi connectivity index (χ0v) is 21.3. The number of ether oxygens (including phenoxy) is 2. The van der Waals surface area contributed by atoms with Crippen LogP contribution in [-0.2, 0) is 19.7 Å². The van der Waals surface area contributed by atoms with Gasteiger partial charge in [-0.2, -0.15) is 0 Å². The minimum atomic E-state index is -3.99. The molecule has 0 heterocycles. The lowest BCUT2D eigenvalue weighted by molar-refractivity contribution is 0.125. The van der Waals surface area contributed by atoms with Crippen molar-refractivity contribution in [1.82, 2.24) is 0 Å². The lowest BCUT2D eigenvalue weighted by atomic mass is 10.3. The van der Waals surface area contributed by atoms with E-state index in [1.807, 2.05) is 0 Å². The molecule has 0 aliphatic rings. The van der Waals surface area contributed by atoms with Gasteiger partial charge in [0.1, 0.15) is 36.9 Å². The number of hydrogen-bond acceptors (Lipinski definition) is 8. The van der Waals surface area contributed by atoms with Crippen LogP contribution in [0.4, 0.5) is 0 Å². The van der Waals surface area contributed by atoms with Gasteiger partial charge in [-0.05, 0) is 36.4 Å². The van der Waals surface area contributed by atoms with Crippen molar-refractivity contribution in [2.45, 2.75) is 28.9 Å². The van der Waals surface area contributed by atoms with Gasteiger partial charge in [-0.3, -0.25) is 0 Å². The predicted molar refractivity (Wildman–Crippen MR) is 126 cm³/mol. The average molecular weight is 562 g/mol. The topological polar surface area (TPSA) is 127 Å². The molecule has 2 N–H and O–H groups in total. The molecule has 0 aliphatic heterocycles. The molecule has 2 aromatic carbocycles. The Balaban J connectivity index is 2.15. The third kappa shape index (κ3) is 7.88. The van der Waals surface area contributed by atoms with E-state index < -0.39 is 37.6 Å². The van der Waals surface area contributed by atoms with Gasteiger partial charge in [0.25, 0.3) is 0 Å². The van der Waals surface area contributed by atoms with Crippen LogP contribution in [0.1, 0.15) is 6.92 Å². The number of alkyl halides is 1. The van der Waals surface area contributed by atoms with Gasteiger partial charge < -0.3 is 19.7 Å². The number of sulfone groups is 2. The Morgan fingerprint density at radius 3 is 1.70 bits per heavy atom. The summed E-state index contributed by atoms with van der Waals surface area (Å²) in [7, 11) is -7.38. The Morgan fingerprint density at radius 2 is 1.30 bits per heavy atom. The summed E-state index contributed by atoms with van der Waals surface area (Å²) >= 11 is 17.8. The molecule has 33 heavy (non-hydrogen) atoms. The second kappa shape index (κ2) is 11.9. The molecule has 0 spiro atoms. The summed E-state index contributed by atoms with van der Waals surface area (Å²) in [5.41, 5.74) is 0. The second-order valence-electron chi connectivity index (χ2n) is 6.97. The van der Waals surface area contributed by atoms with Gasteiger partial charge in [-0.1, -0.05) is 30.1 Å². The fraction of sp³-hybridized carbons (Fsp3) is 0.400. The van der Waals surface area contributed by atoms with Crippen molar-refractivity contribution in [3.05, 3.63) is 46.4 Å². The van der Waals surface area contributed by atoms with Crippen molar-refractivity contribution < 1.29 is 36.5 Å². The Kier molecular flexibility index (Phi) is 10.1. The fourth-order valence-corrected chi connectivity index (χ4v) is 5.46. The van der Waals surface area contributed by atoms with Crippen molar-refractivity contribution >= 4 is 54.5 Å². The lowest BCUT2D eigenvalue weighted by Crippen LogP contribution is -2.28. The van der Waals surface area contributed by atoms with Crippen LogP contribution in [0.15, 0.2) is 46.2 Å². The molecule has 0 aromatic heterocycles. The predicted octanol–water partition coefficient (Wildman–Crippen LogP) is 2.98. The van der Waals surface area contributed by atoms with Crippen molar-refractivity contribution in [2.24, 2.45) is 0 Å². The molecular formula is C20H23Cl3O8S2. The molecule has 0 radical (unpaired) electrons. The quantitative estimate of drug-likeness (QED) is 0.379. The van der Waals surface area contributed by atoms with Crippen LogP contribution in [0.3, 0.4) is 0 Å². The first kappa shape index (κ1) is 28.0. The van der Waals surface area contributed by atoms with E-state index in [2.05, 4.69) is 0 Å². The molecule has 184 valence electrons. The molecule has 2 aromatic rings. The molecule has 0 amide bonds. The van der Waals surface area contributed by atoms with E-state index in [0.717, 1.165) is 0 Å². The van der Waals surface area contributed by atoms with Crippen LogP contribution < -0.4 is 9.47 Å².